The fourth-order valence-electron chi connectivity index (χ4n) is 2.12. The zero-order valence-corrected chi connectivity index (χ0v) is 10.6. The number of rotatable bonds is 2. The van der Waals surface area contributed by atoms with Crippen LogP contribution >= 0.6 is 0 Å². The van der Waals surface area contributed by atoms with E-state index in [1.54, 1.807) is 4.90 Å². The molecule has 2 heterocycles. The Morgan fingerprint density at radius 1 is 1.61 bits per heavy atom. The van der Waals surface area contributed by atoms with Crippen LogP contribution in [0.25, 0.3) is 0 Å². The van der Waals surface area contributed by atoms with Gasteiger partial charge >= 0.3 is 0 Å². The normalized spacial score (nSPS) is 19.6. The van der Waals surface area contributed by atoms with Gasteiger partial charge in [0.1, 0.15) is 11.6 Å². The molecule has 0 aliphatic carbocycles. The largest absolute Gasteiger partial charge is 0.384 e. The zero-order valence-electron chi connectivity index (χ0n) is 10.6. The Morgan fingerprint density at radius 2 is 2.33 bits per heavy atom. The van der Waals surface area contributed by atoms with Gasteiger partial charge in [-0.15, -0.1) is 0 Å². The number of hydrogen-bond acceptors (Lipinski definition) is 4. The van der Waals surface area contributed by atoms with E-state index in [0.717, 1.165) is 12.5 Å². The summed E-state index contributed by atoms with van der Waals surface area (Å²) in [6.45, 7) is 1.27. The Kier molecular flexibility index (Phi) is 3.47. The first-order valence-corrected chi connectivity index (χ1v) is 5.85. The summed E-state index contributed by atoms with van der Waals surface area (Å²) in [7, 11) is 3.95. The van der Waals surface area contributed by atoms with Gasteiger partial charge in [-0.2, -0.15) is 0 Å². The average Bonchev–Trinajstić information content (AvgIpc) is 2.77. The minimum Gasteiger partial charge on any atom is -0.384 e. The van der Waals surface area contributed by atoms with Gasteiger partial charge in [0, 0.05) is 31.4 Å². The number of nitrogens with two attached hydrogens (primary N) is 1. The van der Waals surface area contributed by atoms with Gasteiger partial charge in [-0.3, -0.25) is 4.79 Å². The number of halogens is 1. The van der Waals surface area contributed by atoms with Crippen molar-refractivity contribution in [1.29, 1.82) is 0 Å². The van der Waals surface area contributed by atoms with Crippen molar-refractivity contribution in [2.75, 3.05) is 32.9 Å². The number of amides is 1. The number of carbonyl (C=O) groups is 1. The third-order valence-corrected chi connectivity index (χ3v) is 3.29. The quantitative estimate of drug-likeness (QED) is 0.836. The number of aromatic nitrogens is 1. The number of likely N-dealkylation sites (tertiary alicyclic amines) is 1. The average molecular weight is 252 g/mol. The molecule has 1 fully saturated rings. The molecule has 18 heavy (non-hydrogen) atoms. The van der Waals surface area contributed by atoms with Crippen molar-refractivity contribution in [3.63, 3.8) is 0 Å². The Balaban J connectivity index is 2.13. The van der Waals surface area contributed by atoms with Gasteiger partial charge in [0.15, 0.2) is 0 Å². The fraction of sp³-hybridized carbons (Fsp3) is 0.500. The molecule has 1 amide bonds. The summed E-state index contributed by atoms with van der Waals surface area (Å²) in [5.74, 6) is -0.846. The lowest BCUT2D eigenvalue weighted by Crippen LogP contribution is -2.34. The molecule has 5 nitrogen and oxygen atoms in total. The molecule has 0 aromatic carbocycles. The van der Waals surface area contributed by atoms with Crippen LogP contribution in [0, 0.1) is 5.82 Å². The van der Waals surface area contributed by atoms with Crippen molar-refractivity contribution in [3.8, 4) is 0 Å². The van der Waals surface area contributed by atoms with Crippen LogP contribution in [0.2, 0.25) is 0 Å². The van der Waals surface area contributed by atoms with Crippen molar-refractivity contribution in [1.82, 2.24) is 14.8 Å². The molecule has 2 N–H and O–H groups in total. The van der Waals surface area contributed by atoms with Crippen LogP contribution in [-0.4, -0.2) is 53.9 Å². The van der Waals surface area contributed by atoms with Crippen LogP contribution in [0.4, 0.5) is 10.2 Å². The van der Waals surface area contributed by atoms with Crippen LogP contribution < -0.4 is 5.73 Å². The topological polar surface area (TPSA) is 62.5 Å². The lowest BCUT2D eigenvalue weighted by molar-refractivity contribution is 0.0778. The molecule has 1 atom stereocenters. The van der Waals surface area contributed by atoms with Gasteiger partial charge in [0.05, 0.1) is 5.56 Å². The second-order valence-corrected chi connectivity index (χ2v) is 4.75. The predicted molar refractivity (Wildman–Crippen MR) is 66.6 cm³/mol. The van der Waals surface area contributed by atoms with Crippen LogP contribution in [0.3, 0.4) is 0 Å². The monoisotopic (exact) mass is 252 g/mol. The van der Waals surface area contributed by atoms with Crippen molar-refractivity contribution >= 4 is 11.7 Å². The van der Waals surface area contributed by atoms with E-state index in [1.165, 1.54) is 6.20 Å². The number of likely N-dealkylation sites (N-methyl/N-ethyl adjacent to an activating group) is 1. The molecule has 1 aliphatic rings. The molecule has 0 bridgehead atoms. The Hall–Kier alpha value is -1.69. The van der Waals surface area contributed by atoms with Crippen molar-refractivity contribution in [2.24, 2.45) is 0 Å². The molecule has 0 saturated carbocycles. The van der Waals surface area contributed by atoms with Crippen LogP contribution in [-0.2, 0) is 0 Å². The van der Waals surface area contributed by atoms with Gasteiger partial charge in [-0.25, -0.2) is 9.37 Å². The molecule has 6 heteroatoms. The minimum atomic E-state index is -0.610. The smallest absolute Gasteiger partial charge is 0.258 e. The van der Waals surface area contributed by atoms with Crippen molar-refractivity contribution in [3.05, 3.63) is 23.6 Å². The lowest BCUT2D eigenvalue weighted by atomic mass is 10.2. The summed E-state index contributed by atoms with van der Waals surface area (Å²) >= 11 is 0. The molecule has 0 spiro atoms. The first kappa shape index (κ1) is 12.8. The van der Waals surface area contributed by atoms with Gasteiger partial charge in [-0.05, 0) is 20.5 Å². The minimum absolute atomic E-state index is 0.0105. The van der Waals surface area contributed by atoms with E-state index in [0.29, 0.717) is 19.1 Å². The summed E-state index contributed by atoms with van der Waals surface area (Å²) in [4.78, 5) is 19.6. The fourth-order valence-corrected chi connectivity index (χ4v) is 2.12. The number of nitrogen functional groups attached to an aromatic ring is 1. The summed E-state index contributed by atoms with van der Waals surface area (Å²) in [6.07, 6.45) is 2.11. The van der Waals surface area contributed by atoms with E-state index < -0.39 is 5.82 Å². The Morgan fingerprint density at radius 3 is 2.89 bits per heavy atom. The van der Waals surface area contributed by atoms with E-state index in [-0.39, 0.29) is 17.3 Å². The number of anilines is 1. The van der Waals surface area contributed by atoms with Crippen LogP contribution in [0.5, 0.6) is 0 Å². The SMILES string of the molecule is CN(C)[C@H]1CCN(C(=O)c2cnc(N)cc2F)C1. The second kappa shape index (κ2) is 4.89. The third kappa shape index (κ3) is 2.43. The maximum absolute atomic E-state index is 13.6. The highest BCUT2D eigenvalue weighted by Crippen LogP contribution is 2.18. The summed E-state index contributed by atoms with van der Waals surface area (Å²) in [5.41, 5.74) is 5.35. The summed E-state index contributed by atoms with van der Waals surface area (Å²) in [5, 5.41) is 0. The number of nitrogens with zero attached hydrogens (tertiary/aromatic N) is 3. The Labute approximate surface area is 105 Å². The number of carbonyl (C=O) groups excluding carboxylic acids is 1. The summed E-state index contributed by atoms with van der Waals surface area (Å²) in [6, 6.07) is 1.41. The molecule has 0 radical (unpaired) electrons. The van der Waals surface area contributed by atoms with Gasteiger partial charge in [0.25, 0.3) is 5.91 Å². The molecule has 2 rings (SSSR count). The van der Waals surface area contributed by atoms with E-state index in [2.05, 4.69) is 9.88 Å². The molecule has 1 aromatic rings. The Bertz CT molecular complexity index is 463. The highest BCUT2D eigenvalue weighted by molar-refractivity contribution is 5.94. The van der Waals surface area contributed by atoms with E-state index in [9.17, 15) is 9.18 Å². The molecular weight excluding hydrogens is 235 g/mol. The standard InChI is InChI=1S/C12H17FN4O/c1-16(2)8-3-4-17(7-8)12(18)9-6-15-11(14)5-10(9)13/h5-6,8H,3-4,7H2,1-2H3,(H2,14,15)/t8-/m0/s1. The lowest BCUT2D eigenvalue weighted by Gasteiger charge is -2.20. The first-order chi connectivity index (χ1) is 8.49. The zero-order chi connectivity index (χ0) is 13.3. The molecule has 1 saturated heterocycles. The van der Waals surface area contributed by atoms with Crippen LogP contribution in [0.1, 0.15) is 16.8 Å². The van der Waals surface area contributed by atoms with Crippen molar-refractivity contribution < 1.29 is 9.18 Å². The summed E-state index contributed by atoms with van der Waals surface area (Å²) < 4.78 is 13.6. The predicted octanol–water partition coefficient (Wildman–Crippen LogP) is 0.579. The van der Waals surface area contributed by atoms with Gasteiger partial charge in [-0.1, -0.05) is 0 Å². The first-order valence-electron chi connectivity index (χ1n) is 5.85. The van der Waals surface area contributed by atoms with Gasteiger partial charge < -0.3 is 15.5 Å². The highest BCUT2D eigenvalue weighted by atomic mass is 19.1. The van der Waals surface area contributed by atoms with Crippen LogP contribution in [0.15, 0.2) is 12.3 Å². The molecule has 0 unspecified atom stereocenters. The molecular formula is C12H17FN4O. The molecule has 1 aliphatic heterocycles. The van der Waals surface area contributed by atoms with E-state index >= 15 is 0 Å². The second-order valence-electron chi connectivity index (χ2n) is 4.75. The maximum Gasteiger partial charge on any atom is 0.258 e. The maximum atomic E-state index is 13.6. The molecule has 98 valence electrons. The van der Waals surface area contributed by atoms with Crippen molar-refractivity contribution in [2.45, 2.75) is 12.5 Å². The van der Waals surface area contributed by atoms with E-state index in [4.69, 9.17) is 5.73 Å². The number of pyridine rings is 1. The highest BCUT2D eigenvalue weighted by Gasteiger charge is 2.29. The molecule has 1 aromatic heterocycles. The number of hydrogen-bond donors (Lipinski definition) is 1. The van der Waals surface area contributed by atoms with E-state index in [1.807, 2.05) is 14.1 Å². The third-order valence-electron chi connectivity index (χ3n) is 3.29. The van der Waals surface area contributed by atoms with Gasteiger partial charge in [0.2, 0.25) is 0 Å².